The highest BCUT2D eigenvalue weighted by atomic mass is 19.1. The van der Waals surface area contributed by atoms with Gasteiger partial charge in [-0.15, -0.1) is 0 Å². The number of carboxylic acids is 1. The summed E-state index contributed by atoms with van der Waals surface area (Å²) >= 11 is 0. The summed E-state index contributed by atoms with van der Waals surface area (Å²) in [6.07, 6.45) is -0.323. The molecule has 2 amide bonds. The third-order valence-electron chi connectivity index (χ3n) is 2.48. The number of anilines is 1. The molecule has 2 N–H and O–H groups in total. The standard InChI is InChI=1S/C11H11F2N3O5/c1-15(3-2-10(17)18)11(19)14-8-5-9(16(20)21)7(13)4-6(8)12/h4-5H,2-3H2,1H3,(H,14,19)(H,17,18). The van der Waals surface area contributed by atoms with Crippen molar-refractivity contribution in [2.24, 2.45) is 0 Å². The Kier molecular flexibility index (Phi) is 5.11. The van der Waals surface area contributed by atoms with Crippen LogP contribution >= 0.6 is 0 Å². The molecule has 0 spiro atoms. The highest BCUT2D eigenvalue weighted by molar-refractivity contribution is 5.89. The molecule has 0 saturated carbocycles. The molecule has 0 bridgehead atoms. The van der Waals surface area contributed by atoms with E-state index in [0.717, 1.165) is 4.90 Å². The zero-order chi connectivity index (χ0) is 16.2. The lowest BCUT2D eigenvalue weighted by Gasteiger charge is -2.17. The van der Waals surface area contributed by atoms with E-state index in [1.165, 1.54) is 7.05 Å². The largest absolute Gasteiger partial charge is 0.481 e. The van der Waals surface area contributed by atoms with Crippen LogP contribution < -0.4 is 5.32 Å². The minimum atomic E-state index is -1.37. The molecular formula is C11H11F2N3O5. The van der Waals surface area contributed by atoms with Gasteiger partial charge in [-0.05, 0) is 0 Å². The zero-order valence-electron chi connectivity index (χ0n) is 10.8. The molecule has 0 aliphatic heterocycles. The van der Waals surface area contributed by atoms with Gasteiger partial charge in [0, 0.05) is 25.7 Å². The summed E-state index contributed by atoms with van der Waals surface area (Å²) < 4.78 is 26.6. The van der Waals surface area contributed by atoms with Gasteiger partial charge in [0.15, 0.2) is 0 Å². The molecule has 10 heteroatoms. The first-order valence-corrected chi connectivity index (χ1v) is 5.59. The van der Waals surface area contributed by atoms with Crippen molar-refractivity contribution in [3.8, 4) is 0 Å². The number of carbonyl (C=O) groups excluding carboxylic acids is 1. The fourth-order valence-electron chi connectivity index (χ4n) is 1.35. The van der Waals surface area contributed by atoms with Gasteiger partial charge in [-0.2, -0.15) is 4.39 Å². The molecule has 0 aliphatic carbocycles. The number of benzene rings is 1. The van der Waals surface area contributed by atoms with E-state index in [1.807, 2.05) is 5.32 Å². The Balaban J connectivity index is 2.87. The van der Waals surface area contributed by atoms with Crippen molar-refractivity contribution in [1.29, 1.82) is 0 Å². The number of halogens is 2. The second-order valence-electron chi connectivity index (χ2n) is 4.04. The Bertz CT molecular complexity index is 593. The molecule has 0 radical (unpaired) electrons. The molecule has 1 rings (SSSR count). The summed E-state index contributed by atoms with van der Waals surface area (Å²) in [4.78, 5) is 32.4. The summed E-state index contributed by atoms with van der Waals surface area (Å²) in [6.45, 7) is -0.147. The van der Waals surface area contributed by atoms with Gasteiger partial charge in [-0.3, -0.25) is 14.9 Å². The lowest BCUT2D eigenvalue weighted by molar-refractivity contribution is -0.387. The first kappa shape index (κ1) is 16.3. The SMILES string of the molecule is CN(CCC(=O)O)C(=O)Nc1cc([N+](=O)[O-])c(F)cc1F. The van der Waals surface area contributed by atoms with Crippen LogP contribution in [0.2, 0.25) is 0 Å². The molecule has 0 aromatic heterocycles. The Morgan fingerprint density at radius 1 is 1.38 bits per heavy atom. The van der Waals surface area contributed by atoms with Crippen LogP contribution in [0, 0.1) is 21.7 Å². The number of nitro benzene ring substituents is 1. The molecule has 21 heavy (non-hydrogen) atoms. The van der Waals surface area contributed by atoms with Gasteiger partial charge in [0.05, 0.1) is 17.0 Å². The highest BCUT2D eigenvalue weighted by Gasteiger charge is 2.20. The van der Waals surface area contributed by atoms with Crippen molar-refractivity contribution in [3.05, 3.63) is 33.9 Å². The van der Waals surface area contributed by atoms with E-state index in [1.54, 1.807) is 0 Å². The van der Waals surface area contributed by atoms with Crippen molar-refractivity contribution >= 4 is 23.4 Å². The maximum absolute atomic E-state index is 13.4. The Morgan fingerprint density at radius 3 is 2.52 bits per heavy atom. The summed E-state index contributed by atoms with van der Waals surface area (Å²) in [5, 5.41) is 21.0. The number of amides is 2. The number of rotatable bonds is 5. The van der Waals surface area contributed by atoms with E-state index in [-0.39, 0.29) is 19.0 Å². The minimum absolute atomic E-state index is 0.147. The first-order chi connectivity index (χ1) is 9.72. The van der Waals surface area contributed by atoms with Gasteiger partial charge < -0.3 is 15.3 Å². The highest BCUT2D eigenvalue weighted by Crippen LogP contribution is 2.25. The average Bonchev–Trinajstić information content (AvgIpc) is 2.38. The molecule has 8 nitrogen and oxygen atoms in total. The van der Waals surface area contributed by atoms with Crippen LogP contribution in [0.5, 0.6) is 0 Å². The van der Waals surface area contributed by atoms with Crippen LogP contribution in [-0.2, 0) is 4.79 Å². The second kappa shape index (κ2) is 6.59. The van der Waals surface area contributed by atoms with E-state index in [4.69, 9.17) is 5.11 Å². The molecule has 114 valence electrons. The quantitative estimate of drug-likeness (QED) is 0.636. The molecule has 0 fully saturated rings. The van der Waals surface area contributed by atoms with E-state index in [0.29, 0.717) is 6.07 Å². The maximum atomic E-state index is 13.4. The first-order valence-electron chi connectivity index (χ1n) is 5.59. The predicted molar refractivity (Wildman–Crippen MR) is 66.9 cm³/mol. The molecule has 0 unspecified atom stereocenters. The third-order valence-corrected chi connectivity index (χ3v) is 2.48. The summed E-state index contributed by atoms with van der Waals surface area (Å²) in [5.41, 5.74) is -1.56. The molecule has 1 aromatic rings. The third kappa shape index (κ3) is 4.37. The summed E-state index contributed by atoms with van der Waals surface area (Å²) in [6, 6.07) is -0.0467. The lowest BCUT2D eigenvalue weighted by Crippen LogP contribution is -2.33. The number of carboxylic acid groups (broad SMARTS) is 1. The molecule has 0 aliphatic rings. The average molecular weight is 303 g/mol. The summed E-state index contributed by atoms with van der Waals surface area (Å²) in [7, 11) is 1.26. The smallest absolute Gasteiger partial charge is 0.321 e. The molecule has 0 atom stereocenters. The van der Waals surface area contributed by atoms with Gasteiger partial charge in [0.1, 0.15) is 5.82 Å². The van der Waals surface area contributed by atoms with E-state index >= 15 is 0 Å². The number of aliphatic carboxylic acids is 1. The number of urea groups is 1. The van der Waals surface area contributed by atoms with Gasteiger partial charge in [0.25, 0.3) is 0 Å². The molecular weight excluding hydrogens is 292 g/mol. The fraction of sp³-hybridized carbons (Fsp3) is 0.273. The van der Waals surface area contributed by atoms with Gasteiger partial charge in [-0.1, -0.05) is 0 Å². The van der Waals surface area contributed by atoms with Crippen molar-refractivity contribution in [3.63, 3.8) is 0 Å². The number of hydrogen-bond donors (Lipinski definition) is 2. The predicted octanol–water partition coefficient (Wildman–Crippen LogP) is 1.81. The lowest BCUT2D eigenvalue weighted by atomic mass is 10.2. The van der Waals surface area contributed by atoms with E-state index < -0.39 is 39.9 Å². The molecule has 1 aromatic carbocycles. The number of carbonyl (C=O) groups is 2. The molecule has 0 saturated heterocycles. The second-order valence-corrected chi connectivity index (χ2v) is 4.04. The number of hydrogen-bond acceptors (Lipinski definition) is 4. The van der Waals surface area contributed by atoms with Crippen molar-refractivity contribution in [2.45, 2.75) is 6.42 Å². The van der Waals surface area contributed by atoms with E-state index in [9.17, 15) is 28.5 Å². The zero-order valence-corrected chi connectivity index (χ0v) is 10.8. The topological polar surface area (TPSA) is 113 Å². The Hall–Kier alpha value is -2.78. The Labute approximate surface area is 117 Å². The minimum Gasteiger partial charge on any atom is -0.481 e. The van der Waals surface area contributed by atoms with Crippen molar-refractivity contribution in [1.82, 2.24) is 4.90 Å². The Morgan fingerprint density at radius 2 is 2.00 bits per heavy atom. The van der Waals surface area contributed by atoms with Crippen LogP contribution in [-0.4, -0.2) is 40.5 Å². The van der Waals surface area contributed by atoms with Crippen LogP contribution in [0.3, 0.4) is 0 Å². The summed E-state index contributed by atoms with van der Waals surface area (Å²) in [5.74, 6) is -3.67. The molecule has 0 heterocycles. The van der Waals surface area contributed by atoms with Gasteiger partial charge >= 0.3 is 17.7 Å². The van der Waals surface area contributed by atoms with Crippen molar-refractivity contribution < 1.29 is 28.4 Å². The fourth-order valence-corrected chi connectivity index (χ4v) is 1.35. The maximum Gasteiger partial charge on any atom is 0.321 e. The van der Waals surface area contributed by atoms with Gasteiger partial charge in [0.2, 0.25) is 5.82 Å². The van der Waals surface area contributed by atoms with Crippen LogP contribution in [0.4, 0.5) is 25.0 Å². The van der Waals surface area contributed by atoms with Crippen molar-refractivity contribution in [2.75, 3.05) is 18.9 Å². The number of nitrogens with zero attached hydrogens (tertiary/aromatic N) is 2. The number of nitrogens with one attached hydrogen (secondary N) is 1. The number of nitro groups is 1. The monoisotopic (exact) mass is 303 g/mol. The normalized spacial score (nSPS) is 10.0. The van der Waals surface area contributed by atoms with Gasteiger partial charge in [-0.25, -0.2) is 9.18 Å². The van der Waals surface area contributed by atoms with E-state index in [2.05, 4.69) is 0 Å². The van der Waals surface area contributed by atoms with Crippen LogP contribution in [0.15, 0.2) is 12.1 Å². The van der Waals surface area contributed by atoms with Crippen LogP contribution in [0.1, 0.15) is 6.42 Å². The van der Waals surface area contributed by atoms with Crippen LogP contribution in [0.25, 0.3) is 0 Å².